The van der Waals surface area contributed by atoms with Gasteiger partial charge in [0.05, 0.1) is 12.7 Å². The molecule has 0 atom stereocenters. The molecular formula is C10H15N7O. The number of tetrazole rings is 1. The molecule has 0 unspecified atom stereocenters. The number of anilines is 2. The van der Waals surface area contributed by atoms with Gasteiger partial charge in [-0.05, 0) is 17.7 Å². The highest BCUT2D eigenvalue weighted by atomic mass is 16.2. The minimum Gasteiger partial charge on any atom is -0.397 e. The summed E-state index contributed by atoms with van der Waals surface area (Å²) in [5.41, 5.74) is 6.74. The lowest BCUT2D eigenvalue weighted by Crippen LogP contribution is -2.17. The van der Waals surface area contributed by atoms with Gasteiger partial charge in [0.1, 0.15) is 5.69 Å². The maximum atomic E-state index is 12.0. The molecule has 0 saturated heterocycles. The Kier molecular flexibility index (Phi) is 3.26. The van der Waals surface area contributed by atoms with Crippen LogP contribution in [0.3, 0.4) is 0 Å². The van der Waals surface area contributed by atoms with Gasteiger partial charge in [-0.2, -0.15) is 4.80 Å². The number of carbonyl (C=O) groups is 1. The third kappa shape index (κ3) is 2.47. The molecule has 8 nitrogen and oxygen atoms in total. The number of hydrogen-bond acceptors (Lipinski definition) is 5. The van der Waals surface area contributed by atoms with Gasteiger partial charge in [-0.1, -0.05) is 12.0 Å². The second-order valence-corrected chi connectivity index (χ2v) is 3.91. The van der Waals surface area contributed by atoms with E-state index in [1.165, 1.54) is 4.80 Å². The summed E-state index contributed by atoms with van der Waals surface area (Å²) in [7, 11) is 1.63. The Morgan fingerprint density at radius 1 is 1.56 bits per heavy atom. The topological polar surface area (TPSA) is 104 Å². The van der Waals surface area contributed by atoms with Crippen LogP contribution in [0.2, 0.25) is 0 Å². The Labute approximate surface area is 104 Å². The molecule has 0 spiro atoms. The number of carbonyl (C=O) groups excluding carboxylic acids is 1. The minimum atomic E-state index is -0.298. The van der Waals surface area contributed by atoms with Gasteiger partial charge in [0.25, 0.3) is 11.9 Å². The van der Waals surface area contributed by atoms with E-state index in [2.05, 4.69) is 20.7 Å². The van der Waals surface area contributed by atoms with Crippen LogP contribution in [-0.4, -0.2) is 30.7 Å². The average molecular weight is 249 g/mol. The van der Waals surface area contributed by atoms with Crippen molar-refractivity contribution in [2.24, 2.45) is 7.05 Å². The van der Waals surface area contributed by atoms with Crippen molar-refractivity contribution in [3.05, 3.63) is 18.0 Å². The van der Waals surface area contributed by atoms with Gasteiger partial charge in [0.15, 0.2) is 0 Å². The summed E-state index contributed by atoms with van der Waals surface area (Å²) in [5, 5.41) is 13.8. The minimum absolute atomic E-state index is 0.172. The van der Waals surface area contributed by atoms with Gasteiger partial charge in [-0.15, -0.1) is 5.10 Å². The molecule has 8 heteroatoms. The number of nitrogens with zero attached hydrogens (tertiary/aromatic N) is 5. The molecule has 96 valence electrons. The van der Waals surface area contributed by atoms with Crippen LogP contribution < -0.4 is 11.1 Å². The van der Waals surface area contributed by atoms with E-state index in [-0.39, 0.29) is 11.9 Å². The van der Waals surface area contributed by atoms with Crippen LogP contribution in [0, 0.1) is 0 Å². The van der Waals surface area contributed by atoms with Crippen LogP contribution in [0.5, 0.6) is 0 Å². The first kappa shape index (κ1) is 12.1. The molecule has 2 heterocycles. The fraction of sp³-hybridized carbons (Fsp3) is 0.400. The first-order chi connectivity index (χ1) is 8.60. The van der Waals surface area contributed by atoms with E-state index < -0.39 is 0 Å². The molecule has 3 N–H and O–H groups in total. The third-order valence-electron chi connectivity index (χ3n) is 2.35. The lowest BCUT2D eigenvalue weighted by atomic mass is 10.3. The third-order valence-corrected chi connectivity index (χ3v) is 2.35. The first-order valence-electron chi connectivity index (χ1n) is 5.61. The van der Waals surface area contributed by atoms with Crippen molar-refractivity contribution in [3.63, 3.8) is 0 Å². The zero-order chi connectivity index (χ0) is 13.1. The van der Waals surface area contributed by atoms with Crippen molar-refractivity contribution in [2.45, 2.75) is 19.9 Å². The van der Waals surface area contributed by atoms with Gasteiger partial charge in [-0.25, -0.2) is 0 Å². The van der Waals surface area contributed by atoms with Crippen LogP contribution in [-0.2, 0) is 13.6 Å². The molecule has 0 aromatic carbocycles. The highest BCUT2D eigenvalue weighted by Gasteiger charge is 2.14. The summed E-state index contributed by atoms with van der Waals surface area (Å²) < 4.78 is 1.81. The number of hydrogen-bond donors (Lipinski definition) is 2. The zero-order valence-corrected chi connectivity index (χ0v) is 10.3. The Bertz CT molecular complexity index is 556. The molecular weight excluding hydrogens is 234 g/mol. The van der Waals surface area contributed by atoms with Crippen molar-refractivity contribution in [2.75, 3.05) is 11.1 Å². The van der Waals surface area contributed by atoms with Crippen molar-refractivity contribution in [3.8, 4) is 0 Å². The van der Waals surface area contributed by atoms with Crippen molar-refractivity contribution < 1.29 is 4.79 Å². The van der Waals surface area contributed by atoms with Crippen LogP contribution >= 0.6 is 0 Å². The first-order valence-corrected chi connectivity index (χ1v) is 5.61. The normalized spacial score (nSPS) is 10.6. The Morgan fingerprint density at radius 3 is 2.94 bits per heavy atom. The molecule has 0 fully saturated rings. The average Bonchev–Trinajstić information content (AvgIpc) is 2.86. The maximum Gasteiger partial charge on any atom is 0.274 e. The summed E-state index contributed by atoms with van der Waals surface area (Å²) in [6.45, 7) is 2.76. The van der Waals surface area contributed by atoms with E-state index in [1.54, 1.807) is 23.9 Å². The van der Waals surface area contributed by atoms with Gasteiger partial charge >= 0.3 is 0 Å². The summed E-state index contributed by atoms with van der Waals surface area (Å²) in [5.74, 6) is -0.126. The summed E-state index contributed by atoms with van der Waals surface area (Å²) >= 11 is 0. The van der Waals surface area contributed by atoms with Gasteiger partial charge in [-0.3, -0.25) is 10.1 Å². The molecule has 18 heavy (non-hydrogen) atoms. The van der Waals surface area contributed by atoms with Crippen LogP contribution in [0.25, 0.3) is 0 Å². The molecule has 2 rings (SSSR count). The number of rotatable bonds is 4. The van der Waals surface area contributed by atoms with Crippen molar-refractivity contribution in [1.29, 1.82) is 0 Å². The zero-order valence-electron chi connectivity index (χ0n) is 10.3. The Morgan fingerprint density at radius 2 is 2.33 bits per heavy atom. The number of aryl methyl sites for hydroxylation is 2. The fourth-order valence-electron chi connectivity index (χ4n) is 1.65. The molecule has 0 aliphatic rings. The molecule has 2 aromatic rings. The predicted octanol–water partition coefficient (Wildman–Crippen LogP) is 0.256. The number of nitrogens with two attached hydrogens (primary N) is 1. The summed E-state index contributed by atoms with van der Waals surface area (Å²) in [6.07, 6.45) is 2.65. The monoisotopic (exact) mass is 249 g/mol. The molecule has 0 radical (unpaired) electrons. The highest BCUT2D eigenvalue weighted by molar-refractivity contribution is 6.02. The number of aromatic nitrogens is 5. The molecule has 1 amide bonds. The smallest absolute Gasteiger partial charge is 0.274 e. The number of nitrogen functional groups attached to an aromatic ring is 1. The SMILES string of the molecule is CCCn1cc(N)cc1C(=O)Nc1nnn(C)n1. The van der Waals surface area contributed by atoms with Crippen LogP contribution in [0.15, 0.2) is 12.3 Å². The predicted molar refractivity (Wildman–Crippen MR) is 65.9 cm³/mol. The van der Waals surface area contributed by atoms with Gasteiger partial charge in [0, 0.05) is 12.7 Å². The quantitative estimate of drug-likeness (QED) is 0.808. The fourth-order valence-corrected chi connectivity index (χ4v) is 1.65. The van der Waals surface area contributed by atoms with E-state index in [1.807, 2.05) is 6.92 Å². The molecule has 0 aliphatic heterocycles. The highest BCUT2D eigenvalue weighted by Crippen LogP contribution is 2.12. The maximum absolute atomic E-state index is 12.0. The molecule has 0 bridgehead atoms. The molecule has 0 saturated carbocycles. The second-order valence-electron chi connectivity index (χ2n) is 3.91. The van der Waals surface area contributed by atoms with E-state index in [0.29, 0.717) is 11.4 Å². The number of nitrogens with one attached hydrogen (secondary N) is 1. The lowest BCUT2D eigenvalue weighted by molar-refractivity contribution is 0.101. The lowest BCUT2D eigenvalue weighted by Gasteiger charge is -2.05. The Hall–Kier alpha value is -2.38. The van der Waals surface area contributed by atoms with E-state index in [9.17, 15) is 4.79 Å². The van der Waals surface area contributed by atoms with E-state index in [4.69, 9.17) is 5.73 Å². The van der Waals surface area contributed by atoms with Crippen LogP contribution in [0.1, 0.15) is 23.8 Å². The Balaban J connectivity index is 2.17. The standard InChI is InChI=1S/C10H15N7O/c1-3-4-17-6-7(11)5-8(17)9(18)12-10-13-15-16(2)14-10/h5-6H,3-4,11H2,1-2H3,(H,12,14,18). The van der Waals surface area contributed by atoms with Crippen LogP contribution in [0.4, 0.5) is 11.6 Å². The van der Waals surface area contributed by atoms with Crippen molar-refractivity contribution >= 4 is 17.5 Å². The summed E-state index contributed by atoms with van der Waals surface area (Å²) in [6, 6.07) is 1.63. The van der Waals surface area contributed by atoms with Crippen molar-refractivity contribution in [1.82, 2.24) is 24.8 Å². The van der Waals surface area contributed by atoms with E-state index in [0.717, 1.165) is 13.0 Å². The summed E-state index contributed by atoms with van der Waals surface area (Å²) in [4.78, 5) is 13.3. The molecule has 0 aliphatic carbocycles. The number of amides is 1. The van der Waals surface area contributed by atoms with Gasteiger partial charge in [0.2, 0.25) is 0 Å². The molecule has 2 aromatic heterocycles. The largest absolute Gasteiger partial charge is 0.397 e. The second kappa shape index (κ2) is 4.86. The van der Waals surface area contributed by atoms with Gasteiger partial charge < -0.3 is 10.3 Å². The van der Waals surface area contributed by atoms with E-state index >= 15 is 0 Å².